The summed E-state index contributed by atoms with van der Waals surface area (Å²) in [7, 11) is -2.42. The molecule has 0 saturated carbocycles. The summed E-state index contributed by atoms with van der Waals surface area (Å²) < 4.78 is 19.5. The second kappa shape index (κ2) is 3.36. The summed E-state index contributed by atoms with van der Waals surface area (Å²) in [6.07, 6.45) is 0.833. The minimum Gasteiger partial charge on any atom is -0.478 e. The van der Waals surface area contributed by atoms with Crippen LogP contribution in [0, 0.1) is 0 Å². The van der Waals surface area contributed by atoms with Crippen molar-refractivity contribution in [3.05, 3.63) is 12.7 Å². The van der Waals surface area contributed by atoms with E-state index in [1.54, 1.807) is 0 Å². The minimum atomic E-state index is -2.42. The fourth-order valence-corrected chi connectivity index (χ4v) is 0.612. The fourth-order valence-electron chi connectivity index (χ4n) is 0.0680. The first kappa shape index (κ1) is 9.16. The summed E-state index contributed by atoms with van der Waals surface area (Å²) >= 11 is 0. The van der Waals surface area contributed by atoms with Crippen LogP contribution in [0.5, 0.6) is 0 Å². The quantitative estimate of drug-likeness (QED) is 0.425. The second-order valence-electron chi connectivity index (χ2n) is 1.69. The molecule has 0 aromatic rings. The Hall–Kier alpha value is -0.840. The molecule has 4 nitrogen and oxygen atoms in total. The van der Waals surface area contributed by atoms with E-state index in [4.69, 9.17) is 5.11 Å². The van der Waals surface area contributed by atoms with Crippen LogP contribution in [0.1, 0.15) is 0 Å². The molecule has 0 aliphatic carbocycles. The molecular weight excluding hydrogens is 156 g/mol. The number of carboxylic acids is 1. The lowest BCUT2D eigenvalue weighted by Crippen LogP contribution is -1.82. The molecule has 1 aliphatic heterocycles. The summed E-state index contributed by atoms with van der Waals surface area (Å²) in [4.78, 5) is 9.25. The van der Waals surface area contributed by atoms with E-state index < -0.39 is 15.8 Å². The predicted octanol–water partition coefficient (Wildman–Crippen LogP) is -0.328. The Morgan fingerprint density at radius 2 is 1.70 bits per heavy atom. The van der Waals surface area contributed by atoms with Gasteiger partial charge >= 0.3 is 5.97 Å². The van der Waals surface area contributed by atoms with Crippen molar-refractivity contribution in [3.8, 4) is 0 Å². The zero-order chi connectivity index (χ0) is 8.20. The minimum absolute atomic E-state index is 0.424. The molecule has 10 heavy (non-hydrogen) atoms. The van der Waals surface area contributed by atoms with Crippen molar-refractivity contribution in [2.75, 3.05) is 11.5 Å². The largest absolute Gasteiger partial charge is 0.478 e. The van der Waals surface area contributed by atoms with Gasteiger partial charge in [-0.05, 0) is 0 Å². The van der Waals surface area contributed by atoms with Crippen LogP contribution < -0.4 is 0 Å². The maximum atomic E-state index is 9.74. The Morgan fingerprint density at radius 3 is 1.70 bits per heavy atom. The average molecular weight is 164 g/mol. The van der Waals surface area contributed by atoms with E-state index in [9.17, 15) is 13.2 Å². The molecule has 1 saturated heterocycles. The van der Waals surface area contributed by atoms with Gasteiger partial charge in [-0.1, -0.05) is 6.58 Å². The highest BCUT2D eigenvalue weighted by Gasteiger charge is 2.25. The van der Waals surface area contributed by atoms with E-state index in [2.05, 4.69) is 6.58 Å². The molecular formula is C5H8O4S. The highest BCUT2D eigenvalue weighted by molar-refractivity contribution is 7.98. The number of rotatable bonds is 1. The third kappa shape index (κ3) is 7.16. The highest BCUT2D eigenvalue weighted by Crippen LogP contribution is 2.04. The number of sulfone groups is 1. The topological polar surface area (TPSA) is 71.4 Å². The van der Waals surface area contributed by atoms with E-state index in [1.807, 2.05) is 0 Å². The Bertz CT molecular complexity index is 216. The van der Waals surface area contributed by atoms with Gasteiger partial charge in [0.1, 0.15) is 0 Å². The maximum absolute atomic E-state index is 9.74. The van der Waals surface area contributed by atoms with Gasteiger partial charge in [0.05, 0.1) is 11.5 Å². The summed E-state index contributed by atoms with van der Waals surface area (Å²) in [6.45, 7) is 2.96. The monoisotopic (exact) mass is 164 g/mol. The molecule has 1 N–H and O–H groups in total. The Labute approximate surface area is 59.1 Å². The molecule has 1 heterocycles. The summed E-state index contributed by atoms with van der Waals surface area (Å²) in [6, 6.07) is 0. The Morgan fingerprint density at radius 1 is 1.50 bits per heavy atom. The number of carboxylic acid groups (broad SMARTS) is 1. The molecule has 1 rings (SSSR count). The normalized spacial score (nSPS) is 18.0. The first-order valence-corrected chi connectivity index (χ1v) is 4.36. The molecule has 1 fully saturated rings. The van der Waals surface area contributed by atoms with Crippen molar-refractivity contribution in [3.63, 3.8) is 0 Å². The number of aliphatic carboxylic acids is 1. The van der Waals surface area contributed by atoms with Crippen LogP contribution in [-0.2, 0) is 14.6 Å². The van der Waals surface area contributed by atoms with Gasteiger partial charge in [-0.3, -0.25) is 0 Å². The molecule has 0 spiro atoms. The van der Waals surface area contributed by atoms with Crippen LogP contribution in [0.15, 0.2) is 12.7 Å². The average Bonchev–Trinajstić information content (AvgIpc) is 2.48. The van der Waals surface area contributed by atoms with Crippen LogP contribution in [0.4, 0.5) is 0 Å². The van der Waals surface area contributed by atoms with E-state index >= 15 is 0 Å². The van der Waals surface area contributed by atoms with E-state index in [1.165, 1.54) is 0 Å². The first-order valence-electron chi connectivity index (χ1n) is 2.54. The summed E-state index contributed by atoms with van der Waals surface area (Å²) in [5.74, 6) is -0.134. The highest BCUT2D eigenvalue weighted by atomic mass is 32.2. The van der Waals surface area contributed by atoms with Gasteiger partial charge in [0.15, 0.2) is 9.84 Å². The van der Waals surface area contributed by atoms with Gasteiger partial charge in [-0.2, -0.15) is 0 Å². The van der Waals surface area contributed by atoms with Crippen LogP contribution in [0.25, 0.3) is 0 Å². The van der Waals surface area contributed by atoms with Gasteiger partial charge in [-0.15, -0.1) is 0 Å². The van der Waals surface area contributed by atoms with E-state index in [-0.39, 0.29) is 0 Å². The molecule has 0 atom stereocenters. The Kier molecular flexibility index (Phi) is 3.08. The molecule has 0 radical (unpaired) electrons. The molecule has 0 amide bonds. The third-order valence-corrected chi connectivity index (χ3v) is 1.79. The van der Waals surface area contributed by atoms with Crippen LogP contribution in [-0.4, -0.2) is 31.0 Å². The lowest BCUT2D eigenvalue weighted by Gasteiger charge is -1.64. The zero-order valence-corrected chi connectivity index (χ0v) is 6.10. The zero-order valence-electron chi connectivity index (χ0n) is 5.28. The van der Waals surface area contributed by atoms with Crippen LogP contribution in [0.3, 0.4) is 0 Å². The van der Waals surface area contributed by atoms with E-state index in [0.29, 0.717) is 11.5 Å². The lowest BCUT2D eigenvalue weighted by molar-refractivity contribution is -0.131. The third-order valence-electron chi connectivity index (χ3n) is 0.712. The molecule has 5 heteroatoms. The van der Waals surface area contributed by atoms with Crippen molar-refractivity contribution in [2.45, 2.75) is 0 Å². The lowest BCUT2D eigenvalue weighted by atomic mass is 10.7. The number of hydrogen-bond donors (Lipinski definition) is 1. The van der Waals surface area contributed by atoms with Crippen molar-refractivity contribution in [2.24, 2.45) is 0 Å². The maximum Gasteiger partial charge on any atom is 0.327 e. The van der Waals surface area contributed by atoms with Crippen molar-refractivity contribution >= 4 is 15.8 Å². The smallest absolute Gasteiger partial charge is 0.327 e. The van der Waals surface area contributed by atoms with Crippen molar-refractivity contribution < 1.29 is 18.3 Å². The molecule has 0 aromatic carbocycles. The van der Waals surface area contributed by atoms with Crippen LogP contribution in [0.2, 0.25) is 0 Å². The van der Waals surface area contributed by atoms with Gasteiger partial charge in [0, 0.05) is 6.08 Å². The predicted molar refractivity (Wildman–Crippen MR) is 36.5 cm³/mol. The second-order valence-corrected chi connectivity index (χ2v) is 4.00. The molecule has 58 valence electrons. The van der Waals surface area contributed by atoms with Gasteiger partial charge in [0.2, 0.25) is 0 Å². The van der Waals surface area contributed by atoms with E-state index in [0.717, 1.165) is 6.08 Å². The standard InChI is InChI=1S/C3H4O2.C2H4O2S/c1-2-3(4)5;3-5(4)1-2-5/h2H,1H2,(H,4,5);1-2H2. The van der Waals surface area contributed by atoms with Gasteiger partial charge in [0.25, 0.3) is 0 Å². The van der Waals surface area contributed by atoms with Crippen molar-refractivity contribution in [1.82, 2.24) is 0 Å². The molecule has 0 unspecified atom stereocenters. The van der Waals surface area contributed by atoms with Gasteiger partial charge in [-0.25, -0.2) is 13.2 Å². The van der Waals surface area contributed by atoms with Crippen molar-refractivity contribution in [1.29, 1.82) is 0 Å². The number of carbonyl (C=O) groups is 1. The van der Waals surface area contributed by atoms with Crippen LogP contribution >= 0.6 is 0 Å². The first-order chi connectivity index (χ1) is 4.48. The molecule has 0 bridgehead atoms. The number of hydrogen-bond acceptors (Lipinski definition) is 3. The summed E-state index contributed by atoms with van der Waals surface area (Å²) in [5, 5.41) is 7.60. The summed E-state index contributed by atoms with van der Waals surface area (Å²) in [5.41, 5.74) is 0. The molecule has 1 aliphatic rings. The fraction of sp³-hybridized carbons (Fsp3) is 0.400. The Balaban J connectivity index is 0.000000162. The van der Waals surface area contributed by atoms with Gasteiger partial charge < -0.3 is 5.11 Å². The molecule has 0 aromatic heterocycles. The SMILES string of the molecule is C=CC(=O)O.O=S1(=O)CC1.